The molecule has 14 heteroatoms. The molecule has 4 aromatic rings. The predicted molar refractivity (Wildman–Crippen MR) is 135 cm³/mol. The van der Waals surface area contributed by atoms with E-state index in [0.29, 0.717) is 28.0 Å². The molecule has 0 radical (unpaired) electrons. The number of nitrogens with one attached hydrogen (secondary N) is 1. The van der Waals surface area contributed by atoms with Crippen LogP contribution in [0.4, 0.5) is 10.9 Å². The molecule has 0 aliphatic rings. The molecule has 0 saturated heterocycles. The maximum absolute atomic E-state index is 13.1. The fourth-order valence-corrected chi connectivity index (χ4v) is 4.00. The van der Waals surface area contributed by atoms with Crippen molar-refractivity contribution in [3.8, 4) is 33.5 Å². The molecule has 0 spiro atoms. The van der Waals surface area contributed by atoms with Crippen molar-refractivity contribution in [1.82, 2.24) is 20.0 Å². The second kappa shape index (κ2) is 11.1. The Morgan fingerprint density at radius 3 is 2.54 bits per heavy atom. The van der Waals surface area contributed by atoms with Crippen LogP contribution in [0.15, 0.2) is 45.7 Å². The molecule has 37 heavy (non-hydrogen) atoms. The Morgan fingerprint density at radius 2 is 1.92 bits per heavy atom. The first kappa shape index (κ1) is 25.7. The van der Waals surface area contributed by atoms with Gasteiger partial charge in [0.2, 0.25) is 16.0 Å². The van der Waals surface area contributed by atoms with Crippen LogP contribution in [0.3, 0.4) is 0 Å². The summed E-state index contributed by atoms with van der Waals surface area (Å²) in [4.78, 5) is 26.1. The molecule has 3 N–H and O–H groups in total. The van der Waals surface area contributed by atoms with Crippen molar-refractivity contribution in [2.75, 3.05) is 39.0 Å². The third kappa shape index (κ3) is 5.39. The van der Waals surface area contributed by atoms with Gasteiger partial charge in [-0.3, -0.25) is 10.1 Å². The Balaban J connectivity index is 1.74. The number of nitrogens with two attached hydrogens (primary N) is 1. The van der Waals surface area contributed by atoms with E-state index in [4.69, 9.17) is 29.1 Å². The topological polar surface area (TPSA) is 166 Å². The summed E-state index contributed by atoms with van der Waals surface area (Å²) in [6, 6.07) is 8.08. The van der Waals surface area contributed by atoms with E-state index in [2.05, 4.69) is 20.6 Å². The van der Waals surface area contributed by atoms with E-state index in [0.717, 1.165) is 11.3 Å². The average Bonchev–Trinajstić information content (AvgIpc) is 3.55. The number of carbonyl (C=O) groups excluding carboxylic acids is 1. The number of amides is 1. The molecule has 3 aromatic heterocycles. The molecule has 0 bridgehead atoms. The lowest BCUT2D eigenvalue weighted by atomic mass is 10.0. The van der Waals surface area contributed by atoms with Gasteiger partial charge in [-0.15, -0.1) is 10.2 Å². The number of ether oxygens (including phenoxy) is 4. The first-order valence-electron chi connectivity index (χ1n) is 10.9. The van der Waals surface area contributed by atoms with Gasteiger partial charge in [0.25, 0.3) is 5.91 Å². The summed E-state index contributed by atoms with van der Waals surface area (Å²) in [5.41, 5.74) is 5.61. The van der Waals surface area contributed by atoms with Gasteiger partial charge in [0.15, 0.2) is 5.76 Å². The fourth-order valence-electron chi connectivity index (χ4n) is 3.29. The van der Waals surface area contributed by atoms with Crippen LogP contribution < -0.4 is 30.9 Å². The molecule has 0 aliphatic carbocycles. The number of carbonyl (C=O) groups is 1. The lowest BCUT2D eigenvalue weighted by Gasteiger charge is -2.17. The molecule has 0 aliphatic heterocycles. The van der Waals surface area contributed by atoms with E-state index in [9.17, 15) is 9.59 Å². The van der Waals surface area contributed by atoms with Gasteiger partial charge in [-0.25, -0.2) is 4.79 Å². The first-order valence-corrected chi connectivity index (χ1v) is 11.7. The predicted octanol–water partition coefficient (Wildman–Crippen LogP) is 2.61. The summed E-state index contributed by atoms with van der Waals surface area (Å²) in [6.45, 7) is 1.83. The number of nitrogens with zero attached hydrogens (tertiary/aromatic N) is 4. The van der Waals surface area contributed by atoms with Crippen molar-refractivity contribution < 1.29 is 28.2 Å². The Labute approximate surface area is 214 Å². The minimum absolute atomic E-state index is 0.0569. The summed E-state index contributed by atoms with van der Waals surface area (Å²) >= 11 is 1.03. The monoisotopic (exact) mass is 528 g/mol. The van der Waals surface area contributed by atoms with Crippen LogP contribution >= 0.6 is 11.3 Å². The molecular formula is C23H24N6O7S. The van der Waals surface area contributed by atoms with Gasteiger partial charge in [-0.05, 0) is 25.1 Å². The number of methoxy groups -OCH3 is 3. The highest BCUT2D eigenvalue weighted by atomic mass is 32.1. The SMILES string of the molecule is COc1cccc(OC)c1-c1cc(C(=O)Nc2nnc(-n3nccc3N)s2)oc(=O)c1OC[C@@H](C)OC. The van der Waals surface area contributed by atoms with Crippen LogP contribution in [0.2, 0.25) is 0 Å². The van der Waals surface area contributed by atoms with Gasteiger partial charge in [-0.2, -0.15) is 9.78 Å². The molecule has 0 fully saturated rings. The Hall–Kier alpha value is -4.43. The van der Waals surface area contributed by atoms with E-state index in [1.54, 1.807) is 31.2 Å². The zero-order chi connectivity index (χ0) is 26.5. The van der Waals surface area contributed by atoms with Gasteiger partial charge in [0, 0.05) is 18.7 Å². The molecule has 0 unspecified atom stereocenters. The minimum atomic E-state index is -0.874. The van der Waals surface area contributed by atoms with Crippen molar-refractivity contribution in [3.05, 3.63) is 52.7 Å². The van der Waals surface area contributed by atoms with E-state index in [1.165, 1.54) is 38.3 Å². The molecule has 0 saturated carbocycles. The Bertz CT molecular complexity index is 1440. The molecule has 1 amide bonds. The molecule has 1 atom stereocenters. The summed E-state index contributed by atoms with van der Waals surface area (Å²) in [5, 5.41) is 15.0. The van der Waals surface area contributed by atoms with Crippen LogP contribution in [0.5, 0.6) is 17.2 Å². The van der Waals surface area contributed by atoms with E-state index >= 15 is 0 Å². The van der Waals surface area contributed by atoms with E-state index in [1.807, 2.05) is 0 Å². The van der Waals surface area contributed by atoms with Gasteiger partial charge >= 0.3 is 5.63 Å². The van der Waals surface area contributed by atoms with Crippen molar-refractivity contribution in [2.24, 2.45) is 0 Å². The summed E-state index contributed by atoms with van der Waals surface area (Å²) in [7, 11) is 4.47. The number of nitrogen functional groups attached to an aromatic ring is 1. The fraction of sp³-hybridized carbons (Fsp3) is 0.261. The van der Waals surface area contributed by atoms with Crippen LogP contribution in [0.1, 0.15) is 17.5 Å². The third-order valence-corrected chi connectivity index (χ3v) is 6.00. The van der Waals surface area contributed by atoms with Gasteiger partial charge in [0.1, 0.15) is 23.9 Å². The maximum Gasteiger partial charge on any atom is 0.379 e. The second-order valence-electron chi connectivity index (χ2n) is 7.55. The van der Waals surface area contributed by atoms with Gasteiger partial charge in [-0.1, -0.05) is 17.4 Å². The van der Waals surface area contributed by atoms with E-state index in [-0.39, 0.29) is 34.9 Å². The smallest absolute Gasteiger partial charge is 0.379 e. The number of hydrogen-bond acceptors (Lipinski definition) is 12. The van der Waals surface area contributed by atoms with E-state index < -0.39 is 11.5 Å². The number of aromatic nitrogens is 4. The van der Waals surface area contributed by atoms with Crippen LogP contribution in [0, 0.1) is 0 Å². The van der Waals surface area contributed by atoms with Crippen LogP contribution in [-0.2, 0) is 4.74 Å². The summed E-state index contributed by atoms with van der Waals surface area (Å²) < 4.78 is 28.7. The Morgan fingerprint density at radius 1 is 1.19 bits per heavy atom. The summed E-state index contributed by atoms with van der Waals surface area (Å²) in [6.07, 6.45) is 1.19. The quantitative estimate of drug-likeness (QED) is 0.311. The molecule has 3 heterocycles. The van der Waals surface area contributed by atoms with Crippen LogP contribution in [-0.4, -0.2) is 59.9 Å². The standard InChI is InChI=1S/C23H24N6O7S/c1-12(32-2)11-35-19-13(18-14(33-3)6-5-7-15(18)34-4)10-16(36-21(19)31)20(30)26-22-27-28-23(37-22)29-17(24)8-9-25-29/h5-10,12H,11,24H2,1-4H3,(H,26,27,30)/t12-/m1/s1. The lowest BCUT2D eigenvalue weighted by Crippen LogP contribution is -2.21. The number of hydrogen-bond donors (Lipinski definition) is 2. The molecular weight excluding hydrogens is 504 g/mol. The van der Waals surface area contributed by atoms with Crippen molar-refractivity contribution in [1.29, 1.82) is 0 Å². The third-order valence-electron chi connectivity index (χ3n) is 5.18. The normalized spacial score (nSPS) is 11.7. The molecule has 13 nitrogen and oxygen atoms in total. The zero-order valence-electron chi connectivity index (χ0n) is 20.4. The highest BCUT2D eigenvalue weighted by molar-refractivity contribution is 7.17. The number of anilines is 2. The Kier molecular flexibility index (Phi) is 7.69. The maximum atomic E-state index is 13.1. The highest BCUT2D eigenvalue weighted by Gasteiger charge is 2.25. The van der Waals surface area contributed by atoms with Crippen molar-refractivity contribution >= 4 is 28.2 Å². The first-order chi connectivity index (χ1) is 17.9. The van der Waals surface area contributed by atoms with Gasteiger partial charge < -0.3 is 29.1 Å². The lowest BCUT2D eigenvalue weighted by molar-refractivity contribution is 0.0702. The largest absolute Gasteiger partial charge is 0.496 e. The molecule has 1 aromatic carbocycles. The molecule has 4 rings (SSSR count). The van der Waals surface area contributed by atoms with Crippen molar-refractivity contribution in [2.45, 2.75) is 13.0 Å². The second-order valence-corrected chi connectivity index (χ2v) is 8.50. The van der Waals surface area contributed by atoms with Gasteiger partial charge in [0.05, 0.1) is 32.1 Å². The van der Waals surface area contributed by atoms with Crippen molar-refractivity contribution in [3.63, 3.8) is 0 Å². The minimum Gasteiger partial charge on any atom is -0.496 e. The zero-order valence-corrected chi connectivity index (χ0v) is 21.2. The highest BCUT2D eigenvalue weighted by Crippen LogP contribution is 2.42. The number of benzene rings is 1. The average molecular weight is 529 g/mol. The summed E-state index contributed by atoms with van der Waals surface area (Å²) in [5.74, 6) is -0.0157. The van der Waals surface area contributed by atoms with Crippen LogP contribution in [0.25, 0.3) is 16.3 Å². The molecule has 194 valence electrons. The number of rotatable bonds is 10.